The molecule has 8 nitrogen and oxygen atoms in total. The van der Waals surface area contributed by atoms with Crippen molar-refractivity contribution >= 4 is 17.9 Å². The third-order valence-electron chi connectivity index (χ3n) is 3.71. The van der Waals surface area contributed by atoms with Crippen LogP contribution in [0.1, 0.15) is 11.4 Å². The molecule has 4 N–H and O–H groups in total. The number of aromatic amines is 1. The number of hydrogen-bond donors (Lipinski definition) is 3. The predicted octanol–water partition coefficient (Wildman–Crippen LogP) is 1.89. The second kappa shape index (κ2) is 7.47. The van der Waals surface area contributed by atoms with Crippen molar-refractivity contribution in [2.45, 2.75) is 6.54 Å². The van der Waals surface area contributed by atoms with E-state index in [-0.39, 0.29) is 11.5 Å². The fourth-order valence-electron chi connectivity index (χ4n) is 2.39. The summed E-state index contributed by atoms with van der Waals surface area (Å²) in [5, 5.41) is 15.7. The van der Waals surface area contributed by atoms with Gasteiger partial charge in [0.1, 0.15) is 11.5 Å². The van der Waals surface area contributed by atoms with Crippen LogP contribution < -0.4 is 10.6 Å². The lowest BCUT2D eigenvalue weighted by atomic mass is 10.2. The molecular formula is C18H18N6O2. The normalized spacial score (nSPS) is 11.3. The Balaban J connectivity index is 1.99. The SMILES string of the molecule is CN(Cc1ccccc1)c1cc(-c2cn[nH]c2)nc(C=C(N)C(=O)O)n1. The van der Waals surface area contributed by atoms with Gasteiger partial charge in [0, 0.05) is 37.5 Å². The highest BCUT2D eigenvalue weighted by atomic mass is 16.4. The highest BCUT2D eigenvalue weighted by Crippen LogP contribution is 2.22. The molecule has 0 aliphatic carbocycles. The summed E-state index contributed by atoms with van der Waals surface area (Å²) in [6.45, 7) is 0.639. The predicted molar refractivity (Wildman–Crippen MR) is 98.0 cm³/mol. The standard InChI is InChI=1S/C18H18N6O2/c1-24(11-12-5-3-2-4-6-12)17-8-15(13-9-20-21-10-13)22-16(23-17)7-14(19)18(25)26/h2-10H,11,19H2,1H3,(H,20,21)(H,25,26). The molecule has 0 fully saturated rings. The number of nitrogens with zero attached hydrogens (tertiary/aromatic N) is 4. The summed E-state index contributed by atoms with van der Waals surface area (Å²) in [5.74, 6) is -0.357. The number of aliphatic carboxylic acids is 1. The lowest BCUT2D eigenvalue weighted by Crippen LogP contribution is -2.18. The van der Waals surface area contributed by atoms with E-state index < -0.39 is 5.97 Å². The number of H-pyrrole nitrogens is 1. The molecule has 8 heteroatoms. The molecule has 0 atom stereocenters. The quantitative estimate of drug-likeness (QED) is 0.580. The van der Waals surface area contributed by atoms with Gasteiger partial charge in [-0.1, -0.05) is 30.3 Å². The molecule has 0 unspecified atom stereocenters. The van der Waals surface area contributed by atoms with Crippen molar-refractivity contribution in [1.82, 2.24) is 20.2 Å². The zero-order chi connectivity index (χ0) is 18.5. The van der Waals surface area contributed by atoms with Crippen LogP contribution in [-0.2, 0) is 11.3 Å². The molecule has 2 aromatic heterocycles. The van der Waals surface area contributed by atoms with Crippen LogP contribution in [0.3, 0.4) is 0 Å². The molecule has 0 bridgehead atoms. The van der Waals surface area contributed by atoms with E-state index in [0.29, 0.717) is 18.1 Å². The van der Waals surface area contributed by atoms with Gasteiger partial charge in [-0.15, -0.1) is 0 Å². The molecule has 1 aromatic carbocycles. The van der Waals surface area contributed by atoms with Gasteiger partial charge in [-0.3, -0.25) is 5.10 Å². The summed E-state index contributed by atoms with van der Waals surface area (Å²) in [4.78, 5) is 21.8. The van der Waals surface area contributed by atoms with Crippen LogP contribution in [-0.4, -0.2) is 38.3 Å². The zero-order valence-corrected chi connectivity index (χ0v) is 14.1. The number of nitrogens with one attached hydrogen (secondary N) is 1. The van der Waals surface area contributed by atoms with E-state index in [2.05, 4.69) is 20.2 Å². The molecule has 2 heterocycles. The van der Waals surface area contributed by atoms with E-state index in [1.807, 2.05) is 48.3 Å². The summed E-state index contributed by atoms with van der Waals surface area (Å²) in [7, 11) is 1.91. The molecule has 0 saturated heterocycles. The van der Waals surface area contributed by atoms with Crippen LogP contribution in [0.5, 0.6) is 0 Å². The van der Waals surface area contributed by atoms with E-state index in [1.165, 1.54) is 6.08 Å². The van der Waals surface area contributed by atoms with Crippen molar-refractivity contribution in [2.24, 2.45) is 5.73 Å². The zero-order valence-electron chi connectivity index (χ0n) is 14.1. The van der Waals surface area contributed by atoms with Gasteiger partial charge in [0.25, 0.3) is 0 Å². The minimum absolute atomic E-state index is 0.221. The highest BCUT2D eigenvalue weighted by Gasteiger charge is 2.12. The Morgan fingerprint density at radius 3 is 2.73 bits per heavy atom. The number of nitrogens with two attached hydrogens (primary N) is 1. The Hall–Kier alpha value is -3.68. The topological polar surface area (TPSA) is 121 Å². The van der Waals surface area contributed by atoms with E-state index in [9.17, 15) is 4.79 Å². The molecule has 0 saturated carbocycles. The summed E-state index contributed by atoms with van der Waals surface area (Å²) in [6, 6.07) is 11.8. The lowest BCUT2D eigenvalue weighted by Gasteiger charge is -2.19. The fraction of sp³-hybridized carbons (Fsp3) is 0.111. The third kappa shape index (κ3) is 4.04. The molecule has 3 rings (SSSR count). The number of anilines is 1. The van der Waals surface area contributed by atoms with Crippen molar-refractivity contribution in [1.29, 1.82) is 0 Å². The van der Waals surface area contributed by atoms with Gasteiger partial charge in [-0.05, 0) is 5.56 Å². The highest BCUT2D eigenvalue weighted by molar-refractivity contribution is 5.90. The first kappa shape index (κ1) is 17.2. The van der Waals surface area contributed by atoms with Crippen molar-refractivity contribution in [3.63, 3.8) is 0 Å². The number of carbonyl (C=O) groups is 1. The summed E-state index contributed by atoms with van der Waals surface area (Å²) >= 11 is 0. The first-order chi connectivity index (χ1) is 12.5. The monoisotopic (exact) mass is 350 g/mol. The van der Waals surface area contributed by atoms with Crippen LogP contribution in [0.15, 0.2) is 54.5 Å². The minimum atomic E-state index is -1.22. The molecule has 132 valence electrons. The second-order valence-electron chi connectivity index (χ2n) is 5.70. The summed E-state index contributed by atoms with van der Waals surface area (Å²) < 4.78 is 0. The van der Waals surface area contributed by atoms with Crippen LogP contribution in [0.2, 0.25) is 0 Å². The van der Waals surface area contributed by atoms with Gasteiger partial charge in [0.2, 0.25) is 0 Å². The Morgan fingerprint density at radius 2 is 2.08 bits per heavy atom. The Labute approximate surface area is 150 Å². The molecule has 0 aliphatic rings. The van der Waals surface area contributed by atoms with E-state index >= 15 is 0 Å². The second-order valence-corrected chi connectivity index (χ2v) is 5.70. The third-order valence-corrected chi connectivity index (χ3v) is 3.71. The smallest absolute Gasteiger partial charge is 0.351 e. The van der Waals surface area contributed by atoms with Gasteiger partial charge < -0.3 is 15.7 Å². The first-order valence-electron chi connectivity index (χ1n) is 7.86. The molecule has 0 radical (unpaired) electrons. The van der Waals surface area contributed by atoms with Gasteiger partial charge >= 0.3 is 5.97 Å². The molecule has 26 heavy (non-hydrogen) atoms. The van der Waals surface area contributed by atoms with Gasteiger partial charge in [-0.2, -0.15) is 5.10 Å². The van der Waals surface area contributed by atoms with Crippen molar-refractivity contribution in [3.05, 3.63) is 65.9 Å². The fourth-order valence-corrected chi connectivity index (χ4v) is 2.39. The van der Waals surface area contributed by atoms with E-state index in [4.69, 9.17) is 10.8 Å². The minimum Gasteiger partial charge on any atom is -0.477 e. The number of benzene rings is 1. The van der Waals surface area contributed by atoms with E-state index in [1.54, 1.807) is 12.4 Å². The Kier molecular flexibility index (Phi) is 4.93. The molecule has 3 aromatic rings. The number of rotatable bonds is 6. The maximum Gasteiger partial charge on any atom is 0.351 e. The van der Waals surface area contributed by atoms with Crippen molar-refractivity contribution < 1.29 is 9.90 Å². The number of carboxylic acids is 1. The molecule has 0 aliphatic heterocycles. The molecule has 0 amide bonds. The Morgan fingerprint density at radius 1 is 1.31 bits per heavy atom. The van der Waals surface area contributed by atoms with Gasteiger partial charge in [0.05, 0.1) is 11.9 Å². The van der Waals surface area contributed by atoms with Crippen molar-refractivity contribution in [2.75, 3.05) is 11.9 Å². The van der Waals surface area contributed by atoms with Gasteiger partial charge in [0.15, 0.2) is 5.82 Å². The number of carboxylic acid groups (broad SMARTS) is 1. The largest absolute Gasteiger partial charge is 0.477 e. The average molecular weight is 350 g/mol. The lowest BCUT2D eigenvalue weighted by molar-refractivity contribution is -0.132. The van der Waals surface area contributed by atoms with Gasteiger partial charge in [-0.25, -0.2) is 14.8 Å². The molecular weight excluding hydrogens is 332 g/mol. The summed E-state index contributed by atoms with van der Waals surface area (Å²) in [6.07, 6.45) is 4.58. The number of aromatic nitrogens is 4. The van der Waals surface area contributed by atoms with Crippen LogP contribution in [0, 0.1) is 0 Å². The number of hydrogen-bond acceptors (Lipinski definition) is 6. The first-order valence-corrected chi connectivity index (χ1v) is 7.86. The van der Waals surface area contributed by atoms with Crippen LogP contribution >= 0.6 is 0 Å². The maximum atomic E-state index is 11.0. The summed E-state index contributed by atoms with van der Waals surface area (Å²) in [5.41, 5.74) is 7.70. The van der Waals surface area contributed by atoms with Crippen LogP contribution in [0.25, 0.3) is 17.3 Å². The van der Waals surface area contributed by atoms with Crippen LogP contribution in [0.4, 0.5) is 5.82 Å². The maximum absolute atomic E-state index is 11.0. The Bertz CT molecular complexity index is 922. The van der Waals surface area contributed by atoms with Crippen molar-refractivity contribution in [3.8, 4) is 11.3 Å². The van der Waals surface area contributed by atoms with E-state index in [0.717, 1.165) is 11.1 Å². The molecule has 0 spiro atoms. The average Bonchev–Trinajstić information content (AvgIpc) is 3.17.